The topological polar surface area (TPSA) is 41.9 Å². The number of benzene rings is 1. The van der Waals surface area contributed by atoms with Crippen LogP contribution >= 0.6 is 0 Å². The van der Waals surface area contributed by atoms with Gasteiger partial charge in [-0.3, -0.25) is 4.79 Å². The lowest BCUT2D eigenvalue weighted by Gasteiger charge is -2.28. The Bertz CT molecular complexity index is 523. The van der Waals surface area contributed by atoms with Crippen LogP contribution in [0.3, 0.4) is 0 Å². The Hall–Kier alpha value is -1.91. The zero-order chi connectivity index (χ0) is 14.8. The third-order valence-corrected chi connectivity index (χ3v) is 3.54. The van der Waals surface area contributed by atoms with Gasteiger partial charge in [0.15, 0.2) is 0 Å². The van der Waals surface area contributed by atoms with Gasteiger partial charge in [0.2, 0.25) is 5.60 Å². The van der Waals surface area contributed by atoms with E-state index in [0.29, 0.717) is 25.2 Å². The van der Waals surface area contributed by atoms with Crippen molar-refractivity contribution in [3.8, 4) is 0 Å². The first kappa shape index (κ1) is 14.5. The van der Waals surface area contributed by atoms with E-state index < -0.39 is 5.60 Å². The van der Waals surface area contributed by atoms with Gasteiger partial charge in [0, 0.05) is 19.5 Å². The van der Waals surface area contributed by atoms with Crippen LogP contribution in [0.4, 0.5) is 4.39 Å². The number of likely N-dealkylation sites (N-methyl/N-ethyl adjacent to an activating group) is 1. The molecule has 1 atom stereocenters. The average molecular weight is 278 g/mol. The molecule has 1 aliphatic rings. The molecule has 20 heavy (non-hydrogen) atoms. The fourth-order valence-corrected chi connectivity index (χ4v) is 2.30. The van der Waals surface area contributed by atoms with Gasteiger partial charge in [-0.15, -0.1) is 0 Å². The molecular weight excluding hydrogens is 259 g/mol. The summed E-state index contributed by atoms with van der Waals surface area (Å²) in [7, 11) is 0. The zero-order valence-corrected chi connectivity index (χ0v) is 12.0. The number of hydrogen-bond acceptors (Lipinski definition) is 3. The predicted octanol–water partition coefficient (Wildman–Crippen LogP) is 2.58. The van der Waals surface area contributed by atoms with Crippen LogP contribution in [0, 0.1) is 5.82 Å². The standard InChI is InChI=1S/C15H19FN2O2/c1-4-18(5-2)14(19)15(3)10-13(17-20-15)11-6-8-12(16)9-7-11/h6-9H,4-5,10H2,1-3H3/t15-/m1/s1. The Morgan fingerprint density at radius 3 is 2.50 bits per heavy atom. The average Bonchev–Trinajstić information content (AvgIpc) is 2.85. The number of hydrogen-bond donors (Lipinski definition) is 0. The molecule has 0 aliphatic carbocycles. The first-order valence-corrected chi connectivity index (χ1v) is 6.80. The first-order valence-electron chi connectivity index (χ1n) is 6.80. The van der Waals surface area contributed by atoms with Crippen molar-refractivity contribution in [2.45, 2.75) is 32.8 Å². The summed E-state index contributed by atoms with van der Waals surface area (Å²) in [5.41, 5.74) is 0.492. The van der Waals surface area contributed by atoms with Crippen molar-refractivity contribution in [2.24, 2.45) is 5.16 Å². The van der Waals surface area contributed by atoms with E-state index in [1.165, 1.54) is 12.1 Å². The van der Waals surface area contributed by atoms with E-state index in [1.807, 2.05) is 13.8 Å². The lowest BCUT2D eigenvalue weighted by Crippen LogP contribution is -2.47. The molecular formula is C15H19FN2O2. The van der Waals surface area contributed by atoms with Crippen molar-refractivity contribution >= 4 is 11.6 Å². The molecule has 0 spiro atoms. The Morgan fingerprint density at radius 1 is 1.35 bits per heavy atom. The highest BCUT2D eigenvalue weighted by molar-refractivity contribution is 6.05. The molecule has 4 nitrogen and oxygen atoms in total. The molecule has 2 rings (SSSR count). The molecule has 0 fully saturated rings. The van der Waals surface area contributed by atoms with Gasteiger partial charge in [0.1, 0.15) is 5.82 Å². The van der Waals surface area contributed by atoms with Gasteiger partial charge in [0.25, 0.3) is 5.91 Å². The van der Waals surface area contributed by atoms with Gasteiger partial charge in [-0.25, -0.2) is 4.39 Å². The summed E-state index contributed by atoms with van der Waals surface area (Å²) < 4.78 is 12.9. The zero-order valence-electron chi connectivity index (χ0n) is 12.0. The third-order valence-electron chi connectivity index (χ3n) is 3.54. The van der Waals surface area contributed by atoms with Crippen molar-refractivity contribution in [1.29, 1.82) is 0 Å². The number of halogens is 1. The van der Waals surface area contributed by atoms with Crippen LogP contribution in [0.25, 0.3) is 0 Å². The van der Waals surface area contributed by atoms with Crippen LogP contribution in [-0.2, 0) is 9.63 Å². The molecule has 1 aromatic rings. The van der Waals surface area contributed by atoms with E-state index in [9.17, 15) is 9.18 Å². The smallest absolute Gasteiger partial charge is 0.269 e. The molecule has 0 saturated heterocycles. The highest BCUT2D eigenvalue weighted by Gasteiger charge is 2.44. The number of nitrogens with zero attached hydrogens (tertiary/aromatic N) is 2. The number of carbonyl (C=O) groups excluding carboxylic acids is 1. The molecule has 0 aromatic heterocycles. The minimum atomic E-state index is -0.963. The maximum absolute atomic E-state index is 12.9. The molecule has 0 unspecified atom stereocenters. The van der Waals surface area contributed by atoms with Gasteiger partial charge in [-0.05, 0) is 38.5 Å². The van der Waals surface area contributed by atoms with Crippen molar-refractivity contribution in [3.05, 3.63) is 35.6 Å². The van der Waals surface area contributed by atoms with E-state index in [-0.39, 0.29) is 11.7 Å². The number of rotatable bonds is 4. The summed E-state index contributed by atoms with van der Waals surface area (Å²) >= 11 is 0. The molecule has 1 heterocycles. The van der Waals surface area contributed by atoms with E-state index >= 15 is 0 Å². The molecule has 5 heteroatoms. The van der Waals surface area contributed by atoms with Crippen molar-refractivity contribution in [1.82, 2.24) is 4.90 Å². The van der Waals surface area contributed by atoms with Crippen LogP contribution in [0.5, 0.6) is 0 Å². The predicted molar refractivity (Wildman–Crippen MR) is 75.0 cm³/mol. The van der Waals surface area contributed by atoms with Crippen LogP contribution < -0.4 is 0 Å². The first-order chi connectivity index (χ1) is 9.50. The highest BCUT2D eigenvalue weighted by Crippen LogP contribution is 2.28. The Morgan fingerprint density at radius 2 is 1.95 bits per heavy atom. The summed E-state index contributed by atoms with van der Waals surface area (Å²) in [5.74, 6) is -0.362. The fraction of sp³-hybridized carbons (Fsp3) is 0.467. The van der Waals surface area contributed by atoms with Crippen molar-refractivity contribution in [3.63, 3.8) is 0 Å². The largest absolute Gasteiger partial charge is 0.379 e. The summed E-state index contributed by atoms with van der Waals surface area (Å²) in [6.45, 7) is 6.89. The van der Waals surface area contributed by atoms with E-state index in [2.05, 4.69) is 5.16 Å². The quantitative estimate of drug-likeness (QED) is 0.849. The molecule has 0 saturated carbocycles. The third kappa shape index (κ3) is 2.66. The molecule has 1 aliphatic heterocycles. The van der Waals surface area contributed by atoms with Gasteiger partial charge >= 0.3 is 0 Å². The van der Waals surface area contributed by atoms with Crippen LogP contribution in [0.15, 0.2) is 29.4 Å². The van der Waals surface area contributed by atoms with E-state index in [0.717, 1.165) is 5.56 Å². The fourth-order valence-electron chi connectivity index (χ4n) is 2.30. The molecule has 0 radical (unpaired) electrons. The van der Waals surface area contributed by atoms with Crippen molar-refractivity contribution in [2.75, 3.05) is 13.1 Å². The minimum absolute atomic E-state index is 0.0663. The SMILES string of the molecule is CCN(CC)C(=O)[C@@]1(C)CC(c2ccc(F)cc2)=NO1. The van der Waals surface area contributed by atoms with Gasteiger partial charge < -0.3 is 9.74 Å². The van der Waals surface area contributed by atoms with Gasteiger partial charge in [-0.2, -0.15) is 0 Å². The molecule has 0 N–H and O–H groups in total. The van der Waals surface area contributed by atoms with E-state index in [1.54, 1.807) is 24.0 Å². The second-order valence-corrected chi connectivity index (χ2v) is 5.02. The second-order valence-electron chi connectivity index (χ2n) is 5.02. The Labute approximate surface area is 118 Å². The lowest BCUT2D eigenvalue weighted by atomic mass is 9.94. The molecule has 108 valence electrons. The summed E-state index contributed by atoms with van der Waals surface area (Å²) in [6.07, 6.45) is 0.397. The second kappa shape index (κ2) is 5.61. The number of oxime groups is 1. The van der Waals surface area contributed by atoms with Gasteiger partial charge in [-0.1, -0.05) is 17.3 Å². The summed E-state index contributed by atoms with van der Waals surface area (Å²) in [5, 5.41) is 4.01. The Kier molecular flexibility index (Phi) is 4.06. The van der Waals surface area contributed by atoms with Gasteiger partial charge in [0.05, 0.1) is 5.71 Å². The minimum Gasteiger partial charge on any atom is -0.379 e. The van der Waals surface area contributed by atoms with Crippen LogP contribution in [0.1, 0.15) is 32.8 Å². The summed E-state index contributed by atoms with van der Waals surface area (Å²) in [4.78, 5) is 19.5. The number of amides is 1. The summed E-state index contributed by atoms with van der Waals surface area (Å²) in [6, 6.07) is 6.04. The normalized spacial score (nSPS) is 21.3. The molecule has 1 amide bonds. The molecule has 0 bridgehead atoms. The highest BCUT2D eigenvalue weighted by atomic mass is 19.1. The molecule has 1 aromatic carbocycles. The monoisotopic (exact) mass is 278 g/mol. The van der Waals surface area contributed by atoms with E-state index in [4.69, 9.17) is 4.84 Å². The Balaban J connectivity index is 2.13. The maximum Gasteiger partial charge on any atom is 0.269 e. The van der Waals surface area contributed by atoms with Crippen LogP contribution in [0.2, 0.25) is 0 Å². The maximum atomic E-state index is 12.9. The number of carbonyl (C=O) groups is 1. The lowest BCUT2D eigenvalue weighted by molar-refractivity contribution is -0.152. The van der Waals surface area contributed by atoms with Crippen LogP contribution in [-0.4, -0.2) is 35.2 Å². The van der Waals surface area contributed by atoms with Crippen molar-refractivity contribution < 1.29 is 14.0 Å².